The van der Waals surface area contributed by atoms with Crippen molar-refractivity contribution >= 4 is 23.3 Å². The van der Waals surface area contributed by atoms with E-state index in [1.54, 1.807) is 0 Å². The van der Waals surface area contributed by atoms with E-state index in [9.17, 15) is 9.18 Å². The highest BCUT2D eigenvalue weighted by molar-refractivity contribution is 6.30. The Morgan fingerprint density at radius 2 is 2.31 bits per heavy atom. The molecule has 0 saturated heterocycles. The van der Waals surface area contributed by atoms with Crippen LogP contribution < -0.4 is 10.6 Å². The molecule has 2 N–H and O–H groups in total. The van der Waals surface area contributed by atoms with Gasteiger partial charge >= 0.3 is 0 Å². The molecule has 16 heavy (non-hydrogen) atoms. The van der Waals surface area contributed by atoms with E-state index >= 15 is 0 Å². The van der Waals surface area contributed by atoms with Crippen LogP contribution in [0.25, 0.3) is 0 Å². The molecule has 1 amide bonds. The molecule has 1 heterocycles. The van der Waals surface area contributed by atoms with E-state index in [1.807, 2.05) is 13.8 Å². The summed E-state index contributed by atoms with van der Waals surface area (Å²) in [6.07, 6.45) is 1.33. The molecule has 4 nitrogen and oxygen atoms in total. The molecule has 6 heteroatoms. The van der Waals surface area contributed by atoms with Crippen LogP contribution >= 0.6 is 11.6 Å². The Hall–Kier alpha value is -1.36. The molecule has 0 saturated carbocycles. The highest BCUT2D eigenvalue weighted by atomic mass is 35.5. The Kier molecular flexibility index (Phi) is 4.06. The number of aromatic nitrogens is 1. The Morgan fingerprint density at radius 3 is 2.75 bits per heavy atom. The third-order valence-corrected chi connectivity index (χ3v) is 2.22. The van der Waals surface area contributed by atoms with Crippen LogP contribution in [-0.2, 0) is 4.79 Å². The van der Waals surface area contributed by atoms with Crippen LogP contribution in [-0.4, -0.2) is 23.5 Å². The number of rotatable bonds is 4. The molecule has 0 spiro atoms. The van der Waals surface area contributed by atoms with Crippen molar-refractivity contribution in [2.75, 3.05) is 11.4 Å². The average molecular weight is 246 g/mol. The van der Waals surface area contributed by atoms with Gasteiger partial charge in [0.15, 0.2) is 11.6 Å². The predicted molar refractivity (Wildman–Crippen MR) is 60.9 cm³/mol. The Labute approximate surface area is 98.2 Å². The molecule has 0 radical (unpaired) electrons. The highest BCUT2D eigenvalue weighted by Crippen LogP contribution is 2.21. The molecule has 0 fully saturated rings. The van der Waals surface area contributed by atoms with Gasteiger partial charge in [0.05, 0.1) is 11.6 Å². The van der Waals surface area contributed by atoms with Gasteiger partial charge < -0.3 is 10.6 Å². The lowest BCUT2D eigenvalue weighted by Crippen LogP contribution is -2.39. The van der Waals surface area contributed by atoms with E-state index < -0.39 is 11.7 Å². The van der Waals surface area contributed by atoms with Crippen molar-refractivity contribution in [2.24, 2.45) is 5.73 Å². The van der Waals surface area contributed by atoms with Gasteiger partial charge in [-0.15, -0.1) is 0 Å². The monoisotopic (exact) mass is 245 g/mol. The highest BCUT2D eigenvalue weighted by Gasteiger charge is 2.18. The molecule has 0 unspecified atom stereocenters. The van der Waals surface area contributed by atoms with Gasteiger partial charge in [0.25, 0.3) is 0 Å². The topological polar surface area (TPSA) is 59.2 Å². The van der Waals surface area contributed by atoms with Crippen molar-refractivity contribution in [1.29, 1.82) is 0 Å². The molecule has 1 aromatic rings. The van der Waals surface area contributed by atoms with Crippen molar-refractivity contribution in [3.8, 4) is 0 Å². The zero-order valence-electron chi connectivity index (χ0n) is 9.08. The van der Waals surface area contributed by atoms with Crippen molar-refractivity contribution in [2.45, 2.75) is 19.9 Å². The number of halogens is 2. The lowest BCUT2D eigenvalue weighted by molar-refractivity contribution is -0.116. The summed E-state index contributed by atoms with van der Waals surface area (Å²) in [5.41, 5.74) is 5.09. The Morgan fingerprint density at radius 1 is 1.69 bits per heavy atom. The summed E-state index contributed by atoms with van der Waals surface area (Å²) in [6, 6.07) is 1.07. The zero-order chi connectivity index (χ0) is 12.3. The lowest BCUT2D eigenvalue weighted by Gasteiger charge is -2.26. The summed E-state index contributed by atoms with van der Waals surface area (Å²) < 4.78 is 13.6. The third kappa shape index (κ3) is 3.06. The number of anilines is 1. The smallest absolute Gasteiger partial charge is 0.237 e. The van der Waals surface area contributed by atoms with Crippen LogP contribution in [0.5, 0.6) is 0 Å². The number of pyridine rings is 1. The maximum Gasteiger partial charge on any atom is 0.237 e. The molecule has 0 aromatic carbocycles. The SMILES string of the molecule is CC(C)N(CC(N)=O)c1ncc(Cl)cc1F. The van der Waals surface area contributed by atoms with Crippen LogP contribution in [0.3, 0.4) is 0 Å². The first-order chi connectivity index (χ1) is 7.41. The van der Waals surface area contributed by atoms with Gasteiger partial charge in [-0.2, -0.15) is 0 Å². The first kappa shape index (κ1) is 12.7. The second kappa shape index (κ2) is 5.12. The Bertz CT molecular complexity index is 398. The van der Waals surface area contributed by atoms with Crippen LogP contribution in [0.15, 0.2) is 12.3 Å². The fourth-order valence-corrected chi connectivity index (χ4v) is 1.43. The van der Waals surface area contributed by atoms with Crippen molar-refractivity contribution < 1.29 is 9.18 Å². The summed E-state index contributed by atoms with van der Waals surface area (Å²) in [6.45, 7) is 3.56. The molecule has 0 bridgehead atoms. The predicted octanol–water partition coefficient (Wildman–Crippen LogP) is 1.57. The summed E-state index contributed by atoms with van der Waals surface area (Å²) in [5, 5.41) is 0.212. The first-order valence-corrected chi connectivity index (χ1v) is 5.15. The number of carbonyl (C=O) groups excluding carboxylic acids is 1. The van der Waals surface area contributed by atoms with Crippen molar-refractivity contribution in [3.63, 3.8) is 0 Å². The fourth-order valence-electron chi connectivity index (χ4n) is 1.29. The number of carbonyl (C=O) groups is 1. The standard InChI is InChI=1S/C10H13ClFN3O/c1-6(2)15(5-9(13)16)10-8(12)3-7(11)4-14-10/h3-4,6H,5H2,1-2H3,(H2,13,16). The number of primary amides is 1. The average Bonchev–Trinajstić information content (AvgIpc) is 2.14. The minimum absolute atomic E-state index is 0.0801. The minimum atomic E-state index is -0.567. The molecule has 88 valence electrons. The summed E-state index contributed by atoms with van der Waals surface area (Å²) >= 11 is 5.59. The normalized spacial score (nSPS) is 10.6. The fraction of sp³-hybridized carbons (Fsp3) is 0.400. The molecule has 1 aromatic heterocycles. The van der Waals surface area contributed by atoms with Crippen LogP contribution in [0.2, 0.25) is 5.02 Å². The zero-order valence-corrected chi connectivity index (χ0v) is 9.83. The molecule has 0 atom stereocenters. The second-order valence-electron chi connectivity index (χ2n) is 3.65. The van der Waals surface area contributed by atoms with E-state index in [2.05, 4.69) is 4.98 Å². The van der Waals surface area contributed by atoms with Crippen molar-refractivity contribution in [1.82, 2.24) is 4.98 Å². The van der Waals surface area contributed by atoms with E-state index in [1.165, 1.54) is 11.1 Å². The molecular formula is C10H13ClFN3O. The maximum absolute atomic E-state index is 13.6. The van der Waals surface area contributed by atoms with Gasteiger partial charge in [0, 0.05) is 12.2 Å². The number of nitrogens with two attached hydrogens (primary N) is 1. The lowest BCUT2D eigenvalue weighted by atomic mass is 10.3. The van der Waals surface area contributed by atoms with Gasteiger partial charge in [0.2, 0.25) is 5.91 Å². The Balaban J connectivity index is 3.05. The summed E-state index contributed by atoms with van der Waals surface area (Å²) in [4.78, 5) is 16.2. The number of amides is 1. The summed E-state index contributed by atoms with van der Waals surface area (Å²) in [5.74, 6) is -1.02. The molecular weight excluding hydrogens is 233 g/mol. The van der Waals surface area contributed by atoms with Crippen LogP contribution in [0.4, 0.5) is 10.2 Å². The summed E-state index contributed by atoms with van der Waals surface area (Å²) in [7, 11) is 0. The van der Waals surface area contributed by atoms with E-state index in [0.717, 1.165) is 6.07 Å². The van der Waals surface area contributed by atoms with Gasteiger partial charge in [-0.3, -0.25) is 4.79 Å². The number of nitrogens with zero attached hydrogens (tertiary/aromatic N) is 2. The molecule has 1 rings (SSSR count). The van der Waals surface area contributed by atoms with E-state index in [4.69, 9.17) is 17.3 Å². The minimum Gasteiger partial charge on any atom is -0.368 e. The molecule has 0 aliphatic rings. The molecule has 0 aliphatic carbocycles. The first-order valence-electron chi connectivity index (χ1n) is 4.77. The molecule has 0 aliphatic heterocycles. The number of hydrogen-bond donors (Lipinski definition) is 1. The third-order valence-electron chi connectivity index (χ3n) is 2.01. The van der Waals surface area contributed by atoms with Gasteiger partial charge in [-0.1, -0.05) is 11.6 Å². The quantitative estimate of drug-likeness (QED) is 0.876. The largest absolute Gasteiger partial charge is 0.368 e. The number of hydrogen-bond acceptors (Lipinski definition) is 3. The van der Waals surface area contributed by atoms with Crippen LogP contribution in [0.1, 0.15) is 13.8 Å². The maximum atomic E-state index is 13.6. The van der Waals surface area contributed by atoms with Crippen LogP contribution in [0, 0.1) is 5.82 Å². The van der Waals surface area contributed by atoms with E-state index in [-0.39, 0.29) is 23.4 Å². The second-order valence-corrected chi connectivity index (χ2v) is 4.08. The van der Waals surface area contributed by atoms with Crippen molar-refractivity contribution in [3.05, 3.63) is 23.1 Å². The van der Waals surface area contributed by atoms with Gasteiger partial charge in [0.1, 0.15) is 0 Å². The van der Waals surface area contributed by atoms with Gasteiger partial charge in [-0.05, 0) is 19.9 Å². The van der Waals surface area contributed by atoms with Gasteiger partial charge in [-0.25, -0.2) is 9.37 Å². The van der Waals surface area contributed by atoms with E-state index in [0.29, 0.717) is 0 Å².